The number of hydrogen-bond donors (Lipinski definition) is 2. The van der Waals surface area contributed by atoms with Crippen molar-refractivity contribution in [3.63, 3.8) is 0 Å². The average Bonchev–Trinajstić information content (AvgIpc) is 2.76. The lowest BCUT2D eigenvalue weighted by Crippen LogP contribution is -2.16. The van der Waals surface area contributed by atoms with E-state index in [1.165, 1.54) is 35.0 Å². The Morgan fingerprint density at radius 2 is 1.78 bits per heavy atom. The van der Waals surface area contributed by atoms with E-state index in [1.807, 2.05) is 0 Å². The number of aryl methyl sites for hydroxylation is 1. The summed E-state index contributed by atoms with van der Waals surface area (Å²) in [6.45, 7) is 1.02. The highest BCUT2D eigenvalue weighted by Gasteiger charge is 2.16. The van der Waals surface area contributed by atoms with Crippen LogP contribution in [0.2, 0.25) is 0 Å². The van der Waals surface area contributed by atoms with E-state index in [0.717, 1.165) is 0 Å². The summed E-state index contributed by atoms with van der Waals surface area (Å²) in [6, 6.07) is 6.86. The van der Waals surface area contributed by atoms with Crippen molar-refractivity contribution in [3.8, 4) is 5.69 Å². The van der Waals surface area contributed by atoms with E-state index in [-0.39, 0.29) is 10.5 Å². The van der Waals surface area contributed by atoms with E-state index in [9.17, 15) is 21.6 Å². The van der Waals surface area contributed by atoms with Gasteiger partial charge in [0.15, 0.2) is 9.84 Å². The lowest BCUT2D eigenvalue weighted by molar-refractivity contribution is 0.284. The van der Waals surface area contributed by atoms with Gasteiger partial charge >= 0.3 is 10.4 Å². The molecule has 0 radical (unpaired) electrons. The van der Waals surface area contributed by atoms with Gasteiger partial charge < -0.3 is 0 Å². The van der Waals surface area contributed by atoms with Crippen LogP contribution >= 0.6 is 0 Å². The average molecular weight is 362 g/mol. The molecule has 0 atom stereocenters. The molecule has 1 aromatic heterocycles. The number of rotatable bonds is 6. The van der Waals surface area contributed by atoms with Crippen molar-refractivity contribution in [1.82, 2.24) is 9.78 Å². The molecule has 23 heavy (non-hydrogen) atoms. The predicted molar refractivity (Wildman–Crippen MR) is 80.7 cm³/mol. The van der Waals surface area contributed by atoms with Crippen LogP contribution in [0, 0.1) is 6.92 Å². The molecule has 11 heteroatoms. The van der Waals surface area contributed by atoms with Crippen molar-refractivity contribution in [2.75, 3.05) is 12.4 Å². The van der Waals surface area contributed by atoms with Gasteiger partial charge in [0.2, 0.25) is 0 Å². The molecule has 9 nitrogen and oxygen atoms in total. The van der Waals surface area contributed by atoms with Crippen LogP contribution in [0.25, 0.3) is 5.69 Å². The molecule has 0 unspecified atom stereocenters. The third-order valence-electron chi connectivity index (χ3n) is 2.89. The highest BCUT2D eigenvalue weighted by atomic mass is 32.3. The summed E-state index contributed by atoms with van der Waals surface area (Å²) in [4.78, 5) is 11.6. The number of hydrogen-bond acceptors (Lipinski definition) is 6. The van der Waals surface area contributed by atoms with Crippen molar-refractivity contribution in [2.45, 2.75) is 11.8 Å². The van der Waals surface area contributed by atoms with Crippen LogP contribution < -0.4 is 5.56 Å². The Hall–Kier alpha value is -1.95. The zero-order chi connectivity index (χ0) is 17.3. The molecular formula is C12H14N2O7S2. The highest BCUT2D eigenvalue weighted by molar-refractivity contribution is 7.91. The van der Waals surface area contributed by atoms with Crippen molar-refractivity contribution >= 4 is 20.2 Å². The maximum Gasteiger partial charge on any atom is 0.397 e. The number of aromatic nitrogens is 2. The lowest BCUT2D eigenvalue weighted by atomic mass is 10.3. The molecular weight excluding hydrogens is 348 g/mol. The fourth-order valence-corrected chi connectivity index (χ4v) is 3.36. The molecule has 1 heterocycles. The van der Waals surface area contributed by atoms with Crippen molar-refractivity contribution in [2.24, 2.45) is 0 Å². The minimum atomic E-state index is -4.68. The molecule has 0 aliphatic carbocycles. The summed E-state index contributed by atoms with van der Waals surface area (Å²) in [5.41, 5.74) is 0.838. The van der Waals surface area contributed by atoms with Crippen LogP contribution in [-0.2, 0) is 24.4 Å². The minimum absolute atomic E-state index is 0.0588. The second-order valence-electron chi connectivity index (χ2n) is 4.68. The Morgan fingerprint density at radius 3 is 2.26 bits per heavy atom. The number of nitrogens with one attached hydrogen (secondary N) is 1. The van der Waals surface area contributed by atoms with Gasteiger partial charge in [0.25, 0.3) is 5.56 Å². The first kappa shape index (κ1) is 17.4. The van der Waals surface area contributed by atoms with E-state index in [0.29, 0.717) is 11.4 Å². The summed E-state index contributed by atoms with van der Waals surface area (Å²) in [5, 5.41) is 2.81. The van der Waals surface area contributed by atoms with Crippen molar-refractivity contribution in [1.29, 1.82) is 0 Å². The standard InChI is InChI=1S/C12H14N2O7S2/c1-9-8-12(15)14(13-9)10-2-4-11(5-3-10)22(16,17)7-6-21-23(18,19)20/h2-5,8,13H,6-7H2,1H3,(H,18,19,20). The molecule has 0 aliphatic heterocycles. The first-order valence-electron chi connectivity index (χ1n) is 6.32. The van der Waals surface area contributed by atoms with Gasteiger partial charge in [-0.05, 0) is 31.2 Å². The van der Waals surface area contributed by atoms with Crippen LogP contribution in [0.15, 0.2) is 40.0 Å². The highest BCUT2D eigenvalue weighted by Crippen LogP contribution is 2.14. The van der Waals surface area contributed by atoms with Gasteiger partial charge in [0, 0.05) is 11.8 Å². The summed E-state index contributed by atoms with van der Waals surface area (Å²) < 4.78 is 58.4. The van der Waals surface area contributed by atoms with Crippen molar-refractivity contribution < 1.29 is 25.6 Å². The Morgan fingerprint density at radius 1 is 1.17 bits per heavy atom. The van der Waals surface area contributed by atoms with Gasteiger partial charge in [0.1, 0.15) is 0 Å². The first-order chi connectivity index (χ1) is 10.6. The number of benzene rings is 1. The maximum absolute atomic E-state index is 12.0. The minimum Gasteiger partial charge on any atom is -0.295 e. The summed E-state index contributed by atoms with van der Waals surface area (Å²) >= 11 is 0. The first-order valence-corrected chi connectivity index (χ1v) is 9.34. The third-order valence-corrected chi connectivity index (χ3v) is 5.05. The number of nitrogens with zero attached hydrogens (tertiary/aromatic N) is 1. The summed E-state index contributed by atoms with van der Waals surface area (Å²) in [5.74, 6) is -0.617. The molecule has 0 saturated heterocycles. The van der Waals surface area contributed by atoms with E-state index >= 15 is 0 Å². The Kier molecular flexibility index (Phi) is 4.75. The Bertz CT molecular complexity index is 954. The van der Waals surface area contributed by atoms with Gasteiger partial charge in [0.05, 0.1) is 22.9 Å². The van der Waals surface area contributed by atoms with Crippen LogP contribution in [0.4, 0.5) is 0 Å². The Labute approximate surface area is 132 Å². The van der Waals surface area contributed by atoms with Crippen LogP contribution in [0.5, 0.6) is 0 Å². The molecule has 2 aromatic rings. The maximum atomic E-state index is 12.0. The van der Waals surface area contributed by atoms with E-state index in [1.54, 1.807) is 6.92 Å². The molecule has 0 spiro atoms. The van der Waals surface area contributed by atoms with Gasteiger partial charge in [-0.25, -0.2) is 17.3 Å². The fraction of sp³-hybridized carbons (Fsp3) is 0.250. The fourth-order valence-electron chi connectivity index (χ4n) is 1.87. The number of aromatic amines is 1. The second kappa shape index (κ2) is 6.28. The molecule has 2 N–H and O–H groups in total. The molecule has 126 valence electrons. The molecule has 0 fully saturated rings. The van der Waals surface area contributed by atoms with Gasteiger partial charge in [-0.3, -0.25) is 14.4 Å². The molecule has 0 aliphatic rings. The topological polar surface area (TPSA) is 136 Å². The molecule has 1 aromatic carbocycles. The van der Waals surface area contributed by atoms with Crippen LogP contribution in [-0.4, -0.2) is 43.5 Å². The van der Waals surface area contributed by atoms with Crippen molar-refractivity contribution in [3.05, 3.63) is 46.4 Å². The van der Waals surface area contributed by atoms with Gasteiger partial charge in [-0.15, -0.1) is 0 Å². The third kappa shape index (κ3) is 4.51. The summed E-state index contributed by atoms with van der Waals surface area (Å²) in [6.07, 6.45) is 0. The molecule has 0 amide bonds. The molecule has 0 saturated carbocycles. The predicted octanol–water partition coefficient (Wildman–Crippen LogP) is 0.0671. The lowest BCUT2D eigenvalue weighted by Gasteiger charge is -2.06. The Balaban J connectivity index is 2.18. The van der Waals surface area contributed by atoms with Crippen LogP contribution in [0.1, 0.15) is 5.69 Å². The van der Waals surface area contributed by atoms with E-state index in [2.05, 4.69) is 9.28 Å². The number of sulfone groups is 1. The number of H-pyrrole nitrogens is 1. The quantitative estimate of drug-likeness (QED) is 0.694. The van der Waals surface area contributed by atoms with Crippen LogP contribution in [0.3, 0.4) is 0 Å². The zero-order valence-electron chi connectivity index (χ0n) is 12.0. The normalized spacial score (nSPS) is 12.4. The SMILES string of the molecule is Cc1cc(=O)n(-c2ccc(S(=O)(=O)CCOS(=O)(=O)O)cc2)[nH]1. The zero-order valence-corrected chi connectivity index (χ0v) is 13.6. The second-order valence-corrected chi connectivity index (χ2v) is 7.88. The smallest absolute Gasteiger partial charge is 0.295 e. The largest absolute Gasteiger partial charge is 0.397 e. The molecule has 0 bridgehead atoms. The monoisotopic (exact) mass is 362 g/mol. The van der Waals surface area contributed by atoms with E-state index in [4.69, 9.17) is 4.55 Å². The van der Waals surface area contributed by atoms with Gasteiger partial charge in [-0.2, -0.15) is 8.42 Å². The summed E-state index contributed by atoms with van der Waals surface area (Å²) in [7, 11) is -8.47. The molecule has 2 rings (SSSR count). The van der Waals surface area contributed by atoms with E-state index < -0.39 is 32.6 Å². The van der Waals surface area contributed by atoms with Gasteiger partial charge in [-0.1, -0.05) is 0 Å².